The van der Waals surface area contributed by atoms with E-state index in [2.05, 4.69) is 10.5 Å². The third kappa shape index (κ3) is 4.78. The number of aromatic nitrogens is 1. The van der Waals surface area contributed by atoms with Gasteiger partial charge in [0.2, 0.25) is 5.91 Å². The highest BCUT2D eigenvalue weighted by atomic mass is 35.5. The normalized spacial score (nSPS) is 19.5. The molecule has 0 aliphatic carbocycles. The Hall–Kier alpha value is -2.41. The lowest BCUT2D eigenvalue weighted by Crippen LogP contribution is -2.61. The van der Waals surface area contributed by atoms with E-state index in [0.29, 0.717) is 18.5 Å². The molecule has 156 valence electrons. The Morgan fingerprint density at radius 1 is 1.41 bits per heavy atom. The van der Waals surface area contributed by atoms with Crippen LogP contribution in [-0.2, 0) is 4.79 Å². The van der Waals surface area contributed by atoms with Gasteiger partial charge < -0.3 is 14.7 Å². The molecule has 2 atom stereocenters. The molecule has 3 rings (SSSR count). The molecule has 2 aromatic rings. The molecule has 6 nitrogen and oxygen atoms in total. The number of carbonyl (C=O) groups excluding carboxylic acids is 2. The predicted molar refractivity (Wildman–Crippen MR) is 108 cm³/mol. The largest absolute Gasteiger partial charge is 0.355 e. The molecule has 29 heavy (non-hydrogen) atoms. The fourth-order valence-electron chi connectivity index (χ4n) is 3.57. The molecule has 2 unspecified atom stereocenters. The van der Waals surface area contributed by atoms with Crippen LogP contribution in [0.3, 0.4) is 0 Å². The van der Waals surface area contributed by atoms with Crippen molar-refractivity contribution < 1.29 is 18.5 Å². The summed E-state index contributed by atoms with van der Waals surface area (Å²) in [6.07, 6.45) is 2.25. The summed E-state index contributed by atoms with van der Waals surface area (Å²) in [5, 5.41) is 6.90. The first kappa shape index (κ1) is 21.3. The van der Waals surface area contributed by atoms with E-state index in [-0.39, 0.29) is 40.3 Å². The Labute approximate surface area is 174 Å². The molecular formula is C21H25ClFN3O3. The number of halogens is 2. The summed E-state index contributed by atoms with van der Waals surface area (Å²) in [6.45, 7) is 6.48. The molecule has 1 aromatic carbocycles. The lowest BCUT2D eigenvalue weighted by molar-refractivity contribution is -0.130. The summed E-state index contributed by atoms with van der Waals surface area (Å²) in [6, 6.07) is 5.07. The second-order valence-electron chi connectivity index (χ2n) is 7.80. The number of amides is 2. The van der Waals surface area contributed by atoms with Crippen molar-refractivity contribution >= 4 is 23.4 Å². The number of rotatable bonds is 6. The van der Waals surface area contributed by atoms with Gasteiger partial charge in [0.1, 0.15) is 11.9 Å². The van der Waals surface area contributed by atoms with Gasteiger partial charge in [0.25, 0.3) is 5.91 Å². The zero-order valence-corrected chi connectivity index (χ0v) is 17.5. The van der Waals surface area contributed by atoms with Gasteiger partial charge in [-0.1, -0.05) is 43.9 Å². The van der Waals surface area contributed by atoms with Gasteiger partial charge in [0.05, 0.1) is 5.02 Å². The summed E-state index contributed by atoms with van der Waals surface area (Å²) in [4.78, 5) is 27.4. The Kier molecular flexibility index (Phi) is 6.57. The maximum atomic E-state index is 13.7. The van der Waals surface area contributed by atoms with Crippen LogP contribution in [0.15, 0.2) is 28.8 Å². The first-order valence-electron chi connectivity index (χ1n) is 9.83. The lowest BCUT2D eigenvalue weighted by atomic mass is 9.96. The summed E-state index contributed by atoms with van der Waals surface area (Å²) < 4.78 is 19.0. The fraction of sp³-hybridized carbons (Fsp3) is 0.476. The number of benzene rings is 1. The van der Waals surface area contributed by atoms with E-state index in [1.807, 2.05) is 20.8 Å². The molecular weight excluding hydrogens is 397 g/mol. The fourth-order valence-corrected chi connectivity index (χ4v) is 3.69. The van der Waals surface area contributed by atoms with Crippen molar-refractivity contribution in [2.24, 2.45) is 5.92 Å². The lowest BCUT2D eigenvalue weighted by Gasteiger charge is -2.39. The number of piperazine rings is 1. The zero-order valence-electron chi connectivity index (χ0n) is 16.7. The Balaban J connectivity index is 1.86. The number of nitrogens with one attached hydrogen (secondary N) is 1. The third-order valence-electron chi connectivity index (χ3n) is 4.97. The number of carbonyl (C=O) groups is 2. The molecule has 1 aliphatic heterocycles. The Morgan fingerprint density at radius 3 is 2.83 bits per heavy atom. The van der Waals surface area contributed by atoms with Gasteiger partial charge >= 0.3 is 0 Å². The van der Waals surface area contributed by atoms with Gasteiger partial charge in [-0.3, -0.25) is 9.59 Å². The molecule has 1 aliphatic rings. The van der Waals surface area contributed by atoms with E-state index < -0.39 is 11.9 Å². The summed E-state index contributed by atoms with van der Waals surface area (Å²) in [5.41, 5.74) is 0.520. The molecule has 0 bridgehead atoms. The molecule has 1 fully saturated rings. The van der Waals surface area contributed by atoms with Gasteiger partial charge in [-0.05, 0) is 37.0 Å². The third-order valence-corrected chi connectivity index (χ3v) is 5.27. The highest BCUT2D eigenvalue weighted by Gasteiger charge is 2.38. The van der Waals surface area contributed by atoms with Crippen molar-refractivity contribution in [2.75, 3.05) is 6.54 Å². The summed E-state index contributed by atoms with van der Waals surface area (Å²) >= 11 is 5.72. The van der Waals surface area contributed by atoms with E-state index in [4.69, 9.17) is 16.1 Å². The maximum absolute atomic E-state index is 13.7. The molecule has 2 amide bonds. The van der Waals surface area contributed by atoms with Crippen molar-refractivity contribution in [3.63, 3.8) is 0 Å². The Bertz CT molecular complexity index is 899. The van der Waals surface area contributed by atoms with Crippen molar-refractivity contribution in [2.45, 2.75) is 52.1 Å². The highest BCUT2D eigenvalue weighted by Crippen LogP contribution is 2.26. The van der Waals surface area contributed by atoms with Gasteiger partial charge in [0.15, 0.2) is 11.5 Å². The van der Waals surface area contributed by atoms with Crippen LogP contribution in [-0.4, -0.2) is 40.5 Å². The van der Waals surface area contributed by atoms with E-state index in [1.54, 1.807) is 11.0 Å². The van der Waals surface area contributed by atoms with Crippen molar-refractivity contribution in [1.82, 2.24) is 15.4 Å². The predicted octanol–water partition coefficient (Wildman–Crippen LogP) is 4.29. The average molecular weight is 422 g/mol. The minimum absolute atomic E-state index is 0.00221. The Morgan fingerprint density at radius 2 is 2.17 bits per heavy atom. The van der Waals surface area contributed by atoms with E-state index in [0.717, 1.165) is 12.8 Å². The number of hydrogen-bond donors (Lipinski definition) is 1. The van der Waals surface area contributed by atoms with Gasteiger partial charge in [-0.2, -0.15) is 0 Å². The second kappa shape index (κ2) is 8.95. The molecule has 0 spiro atoms. The highest BCUT2D eigenvalue weighted by molar-refractivity contribution is 6.30. The molecule has 1 saturated heterocycles. The smallest absolute Gasteiger partial charge is 0.276 e. The van der Waals surface area contributed by atoms with Crippen molar-refractivity contribution in [3.8, 4) is 11.3 Å². The van der Waals surface area contributed by atoms with E-state index >= 15 is 0 Å². The average Bonchev–Trinajstić information content (AvgIpc) is 3.15. The molecule has 1 N–H and O–H groups in total. The van der Waals surface area contributed by atoms with Crippen LogP contribution in [0.25, 0.3) is 11.3 Å². The van der Waals surface area contributed by atoms with Gasteiger partial charge in [-0.25, -0.2) is 4.39 Å². The van der Waals surface area contributed by atoms with Gasteiger partial charge in [-0.15, -0.1) is 0 Å². The van der Waals surface area contributed by atoms with E-state index in [1.165, 1.54) is 18.2 Å². The zero-order chi connectivity index (χ0) is 21.1. The standard InChI is InChI=1S/C21H25ClFN3O3/c1-4-5-14-11-26(18(8-12(2)3)20(27)24-14)21(28)17-10-19(29-25-17)13-6-7-15(22)16(23)9-13/h6-7,9-10,12,14,18H,4-5,8,11H2,1-3H3,(H,24,27). The topological polar surface area (TPSA) is 75.4 Å². The molecule has 2 heterocycles. The minimum atomic E-state index is -0.583. The van der Waals surface area contributed by atoms with Crippen LogP contribution >= 0.6 is 11.6 Å². The molecule has 1 aromatic heterocycles. The monoisotopic (exact) mass is 421 g/mol. The molecule has 0 radical (unpaired) electrons. The molecule has 8 heteroatoms. The van der Waals surface area contributed by atoms with Crippen LogP contribution in [0.2, 0.25) is 5.02 Å². The minimum Gasteiger partial charge on any atom is -0.355 e. The quantitative estimate of drug-likeness (QED) is 0.754. The second-order valence-corrected chi connectivity index (χ2v) is 8.21. The first-order valence-corrected chi connectivity index (χ1v) is 10.2. The van der Waals surface area contributed by atoms with Crippen LogP contribution in [0.5, 0.6) is 0 Å². The SMILES string of the molecule is CCCC1CN(C(=O)c2cc(-c3ccc(Cl)c(F)c3)on2)C(CC(C)C)C(=O)N1. The van der Waals surface area contributed by atoms with E-state index in [9.17, 15) is 14.0 Å². The first-order chi connectivity index (χ1) is 13.8. The summed E-state index contributed by atoms with van der Waals surface area (Å²) in [5.74, 6) is -0.582. The van der Waals surface area contributed by atoms with Crippen LogP contribution in [0.4, 0.5) is 4.39 Å². The van der Waals surface area contributed by atoms with Crippen LogP contribution < -0.4 is 5.32 Å². The van der Waals surface area contributed by atoms with Crippen molar-refractivity contribution in [3.05, 3.63) is 40.8 Å². The maximum Gasteiger partial charge on any atom is 0.276 e. The number of nitrogens with zero attached hydrogens (tertiary/aromatic N) is 2. The van der Waals surface area contributed by atoms with Gasteiger partial charge in [0, 0.05) is 24.2 Å². The number of hydrogen-bond acceptors (Lipinski definition) is 4. The molecule has 0 saturated carbocycles. The van der Waals surface area contributed by atoms with Crippen LogP contribution in [0, 0.1) is 11.7 Å². The summed E-state index contributed by atoms with van der Waals surface area (Å²) in [7, 11) is 0. The van der Waals surface area contributed by atoms with Crippen molar-refractivity contribution in [1.29, 1.82) is 0 Å². The van der Waals surface area contributed by atoms with Crippen LogP contribution in [0.1, 0.15) is 50.5 Å².